The van der Waals surface area contributed by atoms with E-state index in [1.807, 2.05) is 0 Å². The smallest absolute Gasteiger partial charge is 0.369 e. The molecule has 2 aromatic rings. The summed E-state index contributed by atoms with van der Waals surface area (Å²) in [6, 6.07) is 11.0. The average Bonchev–Trinajstić information content (AvgIpc) is 2.73. The van der Waals surface area contributed by atoms with Crippen molar-refractivity contribution in [1.82, 2.24) is 10.6 Å². The standard InChI is InChI=1S/C19H18N4O7/c1-11-16(19(24)30-29-2)17(12-7-3-5-9-14(12)22(25)26)21-18(20-11)13-8-4-6-10-15(13)23(27)28/h3-10,17-18,20-21H,1-2H3. The number of nitrogens with zero attached hydrogens (tertiary/aromatic N) is 2. The molecule has 30 heavy (non-hydrogen) atoms. The van der Waals surface area contributed by atoms with Crippen LogP contribution >= 0.6 is 0 Å². The molecule has 0 fully saturated rings. The lowest BCUT2D eigenvalue weighted by molar-refractivity contribution is -0.386. The summed E-state index contributed by atoms with van der Waals surface area (Å²) in [7, 11) is 1.16. The minimum atomic E-state index is -0.986. The monoisotopic (exact) mass is 414 g/mol. The fourth-order valence-electron chi connectivity index (χ4n) is 3.40. The average molecular weight is 414 g/mol. The van der Waals surface area contributed by atoms with Gasteiger partial charge < -0.3 is 5.32 Å². The molecule has 0 saturated carbocycles. The van der Waals surface area contributed by atoms with E-state index in [-0.39, 0.29) is 22.5 Å². The summed E-state index contributed by atoms with van der Waals surface area (Å²) in [5, 5.41) is 29.1. The third-order valence-electron chi connectivity index (χ3n) is 4.65. The first-order chi connectivity index (χ1) is 14.3. The second-order valence-electron chi connectivity index (χ2n) is 6.39. The number of nitro groups is 2. The van der Waals surface area contributed by atoms with Gasteiger partial charge in [0, 0.05) is 17.8 Å². The minimum Gasteiger partial charge on any atom is -0.369 e. The first-order valence-corrected chi connectivity index (χ1v) is 8.80. The number of nitrogens with one attached hydrogen (secondary N) is 2. The number of hydrogen-bond acceptors (Lipinski definition) is 9. The molecule has 11 nitrogen and oxygen atoms in total. The van der Waals surface area contributed by atoms with Crippen LogP contribution in [-0.4, -0.2) is 22.9 Å². The zero-order chi connectivity index (χ0) is 21.8. The predicted molar refractivity (Wildman–Crippen MR) is 104 cm³/mol. The molecule has 156 valence electrons. The Morgan fingerprint density at radius 2 is 1.50 bits per heavy atom. The molecule has 2 atom stereocenters. The van der Waals surface area contributed by atoms with Gasteiger partial charge in [0.05, 0.1) is 39.7 Å². The highest BCUT2D eigenvalue weighted by Gasteiger charge is 2.38. The lowest BCUT2D eigenvalue weighted by Crippen LogP contribution is -2.44. The van der Waals surface area contributed by atoms with E-state index in [1.165, 1.54) is 30.3 Å². The van der Waals surface area contributed by atoms with Crippen LogP contribution < -0.4 is 10.6 Å². The van der Waals surface area contributed by atoms with Crippen molar-refractivity contribution in [3.05, 3.63) is 91.2 Å². The second-order valence-corrected chi connectivity index (χ2v) is 6.39. The number of nitro benzene ring substituents is 2. The Morgan fingerprint density at radius 3 is 2.07 bits per heavy atom. The molecule has 2 N–H and O–H groups in total. The van der Waals surface area contributed by atoms with Crippen LogP contribution in [0.25, 0.3) is 0 Å². The van der Waals surface area contributed by atoms with E-state index in [2.05, 4.69) is 20.4 Å². The van der Waals surface area contributed by atoms with Crippen molar-refractivity contribution in [2.45, 2.75) is 19.1 Å². The van der Waals surface area contributed by atoms with Crippen LogP contribution in [0.5, 0.6) is 0 Å². The van der Waals surface area contributed by atoms with Gasteiger partial charge in [-0.2, -0.15) is 4.89 Å². The van der Waals surface area contributed by atoms with Gasteiger partial charge in [0.15, 0.2) is 0 Å². The Kier molecular flexibility index (Phi) is 6.04. The molecule has 0 spiro atoms. The Bertz CT molecular complexity index is 1040. The number of rotatable bonds is 6. The minimum absolute atomic E-state index is 0.0565. The molecule has 2 aromatic carbocycles. The molecule has 3 rings (SSSR count). The maximum atomic E-state index is 12.5. The highest BCUT2D eigenvalue weighted by molar-refractivity contribution is 5.91. The molecule has 0 amide bonds. The molecule has 1 aliphatic heterocycles. The summed E-state index contributed by atoms with van der Waals surface area (Å²) in [6.45, 7) is 1.58. The van der Waals surface area contributed by atoms with E-state index in [4.69, 9.17) is 0 Å². The summed E-state index contributed by atoms with van der Waals surface area (Å²) in [6.07, 6.45) is -0.796. The van der Waals surface area contributed by atoms with Crippen molar-refractivity contribution in [3.63, 3.8) is 0 Å². The molecule has 1 aliphatic rings. The van der Waals surface area contributed by atoms with Crippen LogP contribution in [0.15, 0.2) is 59.8 Å². The third kappa shape index (κ3) is 3.97. The van der Waals surface area contributed by atoms with Crippen molar-refractivity contribution in [1.29, 1.82) is 0 Å². The van der Waals surface area contributed by atoms with Crippen LogP contribution in [-0.2, 0) is 14.6 Å². The molecular weight excluding hydrogens is 396 g/mol. The van der Waals surface area contributed by atoms with Crippen molar-refractivity contribution in [3.8, 4) is 0 Å². The van der Waals surface area contributed by atoms with Crippen LogP contribution in [0.2, 0.25) is 0 Å². The third-order valence-corrected chi connectivity index (χ3v) is 4.65. The molecule has 0 radical (unpaired) electrons. The quantitative estimate of drug-likeness (QED) is 0.414. The Morgan fingerprint density at radius 1 is 0.967 bits per heavy atom. The van der Waals surface area contributed by atoms with Gasteiger partial charge in [-0.25, -0.2) is 4.79 Å². The molecule has 11 heteroatoms. The summed E-state index contributed by atoms with van der Waals surface area (Å²) in [5.74, 6) is -0.848. The predicted octanol–water partition coefficient (Wildman–Crippen LogP) is 2.81. The van der Waals surface area contributed by atoms with E-state index < -0.39 is 28.0 Å². The van der Waals surface area contributed by atoms with Gasteiger partial charge in [-0.1, -0.05) is 30.3 Å². The van der Waals surface area contributed by atoms with E-state index in [9.17, 15) is 25.0 Å². The van der Waals surface area contributed by atoms with E-state index in [0.717, 1.165) is 7.11 Å². The largest absolute Gasteiger partial charge is 0.372 e. The van der Waals surface area contributed by atoms with Crippen LogP contribution in [0.3, 0.4) is 0 Å². The first kappa shape index (κ1) is 20.9. The van der Waals surface area contributed by atoms with Gasteiger partial charge in [0.25, 0.3) is 11.4 Å². The lowest BCUT2D eigenvalue weighted by Gasteiger charge is -2.34. The van der Waals surface area contributed by atoms with Crippen LogP contribution in [0.1, 0.15) is 30.3 Å². The topological polar surface area (TPSA) is 146 Å². The fourth-order valence-corrected chi connectivity index (χ4v) is 3.40. The number of benzene rings is 2. The van der Waals surface area contributed by atoms with Gasteiger partial charge in [0.1, 0.15) is 6.17 Å². The van der Waals surface area contributed by atoms with Gasteiger partial charge in [0.2, 0.25) is 0 Å². The normalized spacial score (nSPS) is 18.5. The summed E-state index contributed by atoms with van der Waals surface area (Å²) < 4.78 is 0. The van der Waals surface area contributed by atoms with E-state index >= 15 is 0 Å². The molecule has 0 saturated heterocycles. The molecule has 0 aromatic heterocycles. The Labute approximate surface area is 170 Å². The number of carbonyl (C=O) groups excluding carboxylic acids is 1. The van der Waals surface area contributed by atoms with Crippen LogP contribution in [0.4, 0.5) is 11.4 Å². The Hall–Kier alpha value is -3.83. The summed E-state index contributed by atoms with van der Waals surface area (Å²) >= 11 is 0. The molecular formula is C19H18N4O7. The van der Waals surface area contributed by atoms with E-state index in [1.54, 1.807) is 25.1 Å². The van der Waals surface area contributed by atoms with Gasteiger partial charge in [-0.3, -0.25) is 30.4 Å². The van der Waals surface area contributed by atoms with Crippen molar-refractivity contribution in [2.24, 2.45) is 0 Å². The van der Waals surface area contributed by atoms with E-state index in [0.29, 0.717) is 11.3 Å². The molecule has 2 unspecified atom stereocenters. The number of carbonyl (C=O) groups is 1. The molecule has 0 bridgehead atoms. The van der Waals surface area contributed by atoms with Crippen molar-refractivity contribution in [2.75, 3.05) is 7.11 Å². The number of hydrogen-bond donors (Lipinski definition) is 2. The second kappa shape index (κ2) is 8.68. The highest BCUT2D eigenvalue weighted by Crippen LogP contribution is 2.37. The first-order valence-electron chi connectivity index (χ1n) is 8.80. The molecule has 0 aliphatic carbocycles. The molecule has 1 heterocycles. The fraction of sp³-hybridized carbons (Fsp3) is 0.211. The van der Waals surface area contributed by atoms with Gasteiger partial charge in [-0.05, 0) is 13.0 Å². The van der Waals surface area contributed by atoms with Crippen LogP contribution in [0, 0.1) is 20.2 Å². The maximum absolute atomic E-state index is 12.5. The number of para-hydroxylation sites is 2. The SMILES string of the molecule is COOC(=O)C1=C(C)NC(c2ccccc2[N+](=O)[O-])NC1c1ccccc1[N+](=O)[O-]. The zero-order valence-corrected chi connectivity index (χ0v) is 16.0. The van der Waals surface area contributed by atoms with Gasteiger partial charge in [-0.15, -0.1) is 0 Å². The summed E-state index contributed by atoms with van der Waals surface area (Å²) in [4.78, 5) is 43.6. The van der Waals surface area contributed by atoms with Crippen molar-refractivity contribution >= 4 is 17.3 Å². The maximum Gasteiger partial charge on any atom is 0.372 e. The number of allylic oxidation sites excluding steroid dienone is 1. The Balaban J connectivity index is 2.15. The van der Waals surface area contributed by atoms with Gasteiger partial charge >= 0.3 is 5.97 Å². The summed E-state index contributed by atoms with van der Waals surface area (Å²) in [5.41, 5.74) is 0.552. The highest BCUT2D eigenvalue weighted by atomic mass is 17.2. The van der Waals surface area contributed by atoms with Crippen molar-refractivity contribution < 1.29 is 24.4 Å². The zero-order valence-electron chi connectivity index (χ0n) is 16.0. The lowest BCUT2D eigenvalue weighted by atomic mass is 9.92.